The molecule has 1 aliphatic rings. The zero-order chi connectivity index (χ0) is 12.6. The maximum Gasteiger partial charge on any atom is 0.153 e. The van der Waals surface area contributed by atoms with Crippen molar-refractivity contribution in [3.63, 3.8) is 0 Å². The number of benzene rings is 1. The topological polar surface area (TPSA) is 37.3 Å². The summed E-state index contributed by atoms with van der Waals surface area (Å²) in [6.45, 7) is 6.63. The van der Waals surface area contributed by atoms with Gasteiger partial charge in [-0.1, -0.05) is 20.8 Å². The van der Waals surface area contributed by atoms with E-state index in [-0.39, 0.29) is 5.75 Å². The monoisotopic (exact) mass is 232 g/mol. The molecule has 0 aliphatic heterocycles. The van der Waals surface area contributed by atoms with Gasteiger partial charge >= 0.3 is 0 Å². The minimum Gasteiger partial charge on any atom is -0.507 e. The van der Waals surface area contributed by atoms with E-state index < -0.39 is 0 Å². The lowest BCUT2D eigenvalue weighted by atomic mass is 9.72. The van der Waals surface area contributed by atoms with Crippen LogP contribution in [0.1, 0.15) is 66.9 Å². The van der Waals surface area contributed by atoms with Crippen molar-refractivity contribution in [1.82, 2.24) is 0 Å². The number of phenolic OH excluding ortho intramolecular Hbond substituents is 1. The van der Waals surface area contributed by atoms with Crippen molar-refractivity contribution in [3.8, 4) is 5.75 Å². The SMILES string of the molecule is CC(C)[C@H]1CC[C@@H](C)c2cc(O)c(C=O)cc21. The van der Waals surface area contributed by atoms with Gasteiger partial charge in [-0.3, -0.25) is 4.79 Å². The second-order valence-electron chi connectivity index (χ2n) is 5.49. The van der Waals surface area contributed by atoms with E-state index in [1.165, 1.54) is 17.5 Å². The third-order valence-electron chi connectivity index (χ3n) is 4.01. The number of fused-ring (bicyclic) bond motifs is 1. The van der Waals surface area contributed by atoms with Gasteiger partial charge in [-0.2, -0.15) is 0 Å². The van der Waals surface area contributed by atoms with Gasteiger partial charge in [0.05, 0.1) is 5.56 Å². The molecule has 1 aliphatic carbocycles. The van der Waals surface area contributed by atoms with Gasteiger partial charge in [0.25, 0.3) is 0 Å². The summed E-state index contributed by atoms with van der Waals surface area (Å²) < 4.78 is 0. The highest BCUT2D eigenvalue weighted by Crippen LogP contribution is 2.43. The van der Waals surface area contributed by atoms with Gasteiger partial charge in [0.15, 0.2) is 6.29 Å². The fourth-order valence-electron chi connectivity index (χ4n) is 2.91. The van der Waals surface area contributed by atoms with Crippen LogP contribution in [0, 0.1) is 5.92 Å². The van der Waals surface area contributed by atoms with E-state index in [2.05, 4.69) is 20.8 Å². The van der Waals surface area contributed by atoms with Gasteiger partial charge in [-0.15, -0.1) is 0 Å². The molecule has 0 fully saturated rings. The number of aromatic hydroxyl groups is 1. The van der Waals surface area contributed by atoms with E-state index in [1.54, 1.807) is 6.07 Å². The predicted octanol–water partition coefficient (Wildman–Crippen LogP) is 3.84. The lowest BCUT2D eigenvalue weighted by molar-refractivity contribution is 0.112. The molecule has 2 heteroatoms. The second-order valence-corrected chi connectivity index (χ2v) is 5.49. The third kappa shape index (κ3) is 2.08. The van der Waals surface area contributed by atoms with Crippen LogP contribution in [0.2, 0.25) is 0 Å². The Kier molecular flexibility index (Phi) is 3.23. The van der Waals surface area contributed by atoms with E-state index in [4.69, 9.17) is 0 Å². The first-order valence-electron chi connectivity index (χ1n) is 6.36. The first kappa shape index (κ1) is 12.2. The summed E-state index contributed by atoms with van der Waals surface area (Å²) in [6.07, 6.45) is 3.08. The molecule has 0 heterocycles. The third-order valence-corrected chi connectivity index (χ3v) is 4.01. The van der Waals surface area contributed by atoms with Crippen molar-refractivity contribution in [2.75, 3.05) is 0 Å². The van der Waals surface area contributed by atoms with Crippen molar-refractivity contribution in [2.24, 2.45) is 5.92 Å². The van der Waals surface area contributed by atoms with Gasteiger partial charge in [-0.25, -0.2) is 0 Å². The van der Waals surface area contributed by atoms with Gasteiger partial charge in [0, 0.05) is 0 Å². The lowest BCUT2D eigenvalue weighted by Gasteiger charge is -2.32. The molecular weight excluding hydrogens is 212 g/mol. The summed E-state index contributed by atoms with van der Waals surface area (Å²) in [5.41, 5.74) is 2.90. The molecule has 2 nitrogen and oxygen atoms in total. The number of aldehydes is 1. The van der Waals surface area contributed by atoms with Crippen molar-refractivity contribution >= 4 is 6.29 Å². The van der Waals surface area contributed by atoms with Crippen molar-refractivity contribution < 1.29 is 9.90 Å². The Morgan fingerprint density at radius 3 is 2.59 bits per heavy atom. The Balaban J connectivity index is 2.56. The highest BCUT2D eigenvalue weighted by molar-refractivity contribution is 5.80. The van der Waals surface area contributed by atoms with Crippen LogP contribution >= 0.6 is 0 Å². The van der Waals surface area contributed by atoms with E-state index in [0.717, 1.165) is 12.7 Å². The van der Waals surface area contributed by atoms with Gasteiger partial charge in [0.1, 0.15) is 5.75 Å². The first-order chi connectivity index (χ1) is 8.04. The standard InChI is InChI=1S/C15H20O2/c1-9(2)12-5-4-10(3)13-7-15(17)11(8-16)6-14(12)13/h6-10,12,17H,4-5H2,1-3H3/t10-,12-/m1/s1. The number of hydrogen-bond acceptors (Lipinski definition) is 2. The molecule has 0 bridgehead atoms. The molecule has 2 rings (SSSR count). The van der Waals surface area contributed by atoms with Crippen LogP contribution in [0.5, 0.6) is 5.75 Å². The normalized spacial score (nSPS) is 23.5. The number of phenols is 1. The van der Waals surface area contributed by atoms with Crippen LogP contribution in [-0.4, -0.2) is 11.4 Å². The Labute approximate surface area is 103 Å². The summed E-state index contributed by atoms with van der Waals surface area (Å²) >= 11 is 0. The molecule has 92 valence electrons. The molecule has 0 unspecified atom stereocenters. The highest BCUT2D eigenvalue weighted by atomic mass is 16.3. The largest absolute Gasteiger partial charge is 0.507 e. The zero-order valence-corrected chi connectivity index (χ0v) is 10.7. The van der Waals surface area contributed by atoms with Crippen molar-refractivity contribution in [3.05, 3.63) is 28.8 Å². The molecule has 0 aromatic heterocycles. The van der Waals surface area contributed by atoms with Gasteiger partial charge < -0.3 is 5.11 Å². The molecule has 0 radical (unpaired) electrons. The first-order valence-corrected chi connectivity index (χ1v) is 6.36. The molecule has 1 aromatic rings. The van der Waals surface area contributed by atoms with E-state index in [9.17, 15) is 9.90 Å². The Morgan fingerprint density at radius 1 is 1.29 bits per heavy atom. The van der Waals surface area contributed by atoms with Crippen LogP contribution in [-0.2, 0) is 0 Å². The fourth-order valence-corrected chi connectivity index (χ4v) is 2.91. The molecule has 0 amide bonds. The molecule has 0 spiro atoms. The Bertz CT molecular complexity index is 435. The molecule has 0 saturated carbocycles. The maximum absolute atomic E-state index is 10.9. The number of hydrogen-bond donors (Lipinski definition) is 1. The quantitative estimate of drug-likeness (QED) is 0.786. The average molecular weight is 232 g/mol. The molecule has 17 heavy (non-hydrogen) atoms. The Hall–Kier alpha value is -1.31. The molecule has 1 aromatic carbocycles. The van der Waals surface area contributed by atoms with E-state index in [1.807, 2.05) is 6.07 Å². The Morgan fingerprint density at radius 2 is 2.00 bits per heavy atom. The molecule has 1 N–H and O–H groups in total. The summed E-state index contributed by atoms with van der Waals surface area (Å²) in [5.74, 6) is 1.69. The maximum atomic E-state index is 10.9. The molecule has 0 saturated heterocycles. The summed E-state index contributed by atoms with van der Waals surface area (Å²) in [6, 6.07) is 3.68. The summed E-state index contributed by atoms with van der Waals surface area (Å²) in [4.78, 5) is 10.9. The van der Waals surface area contributed by atoms with Gasteiger partial charge in [0.2, 0.25) is 0 Å². The number of carbonyl (C=O) groups excluding carboxylic acids is 1. The highest BCUT2D eigenvalue weighted by Gasteiger charge is 2.28. The van der Waals surface area contributed by atoms with Crippen LogP contribution in [0.15, 0.2) is 12.1 Å². The van der Waals surface area contributed by atoms with Crippen LogP contribution in [0.3, 0.4) is 0 Å². The fraction of sp³-hybridized carbons (Fsp3) is 0.533. The summed E-state index contributed by atoms with van der Waals surface area (Å²) in [5, 5.41) is 9.78. The average Bonchev–Trinajstić information content (AvgIpc) is 2.29. The number of rotatable bonds is 2. The molecular formula is C15H20O2. The summed E-state index contributed by atoms with van der Waals surface area (Å²) in [7, 11) is 0. The predicted molar refractivity (Wildman–Crippen MR) is 68.7 cm³/mol. The van der Waals surface area contributed by atoms with Gasteiger partial charge in [-0.05, 0) is 53.9 Å². The number of carbonyl (C=O) groups is 1. The van der Waals surface area contributed by atoms with Crippen LogP contribution in [0.25, 0.3) is 0 Å². The van der Waals surface area contributed by atoms with Crippen molar-refractivity contribution in [1.29, 1.82) is 0 Å². The van der Waals surface area contributed by atoms with Crippen molar-refractivity contribution in [2.45, 2.75) is 45.4 Å². The lowest BCUT2D eigenvalue weighted by Crippen LogP contribution is -2.17. The van der Waals surface area contributed by atoms with Crippen LogP contribution in [0.4, 0.5) is 0 Å². The molecule has 2 atom stereocenters. The minimum atomic E-state index is 0.120. The smallest absolute Gasteiger partial charge is 0.153 e. The van der Waals surface area contributed by atoms with E-state index in [0.29, 0.717) is 23.3 Å². The minimum absolute atomic E-state index is 0.120. The van der Waals surface area contributed by atoms with E-state index >= 15 is 0 Å². The second kappa shape index (κ2) is 4.52. The zero-order valence-electron chi connectivity index (χ0n) is 10.7. The van der Waals surface area contributed by atoms with Crippen LogP contribution < -0.4 is 0 Å².